The van der Waals surface area contributed by atoms with Crippen molar-refractivity contribution in [2.75, 3.05) is 31.1 Å². The Hall–Kier alpha value is -1.43. The first-order valence-corrected chi connectivity index (χ1v) is 9.05. The van der Waals surface area contributed by atoms with Gasteiger partial charge >= 0.3 is 0 Å². The number of hydrogen-bond donors (Lipinski definition) is 0. The van der Waals surface area contributed by atoms with Crippen molar-refractivity contribution in [3.05, 3.63) is 18.0 Å². The molecule has 0 radical (unpaired) electrons. The average molecular weight is 320 g/mol. The molecule has 0 spiro atoms. The number of rotatable bonds is 4. The van der Waals surface area contributed by atoms with E-state index in [4.69, 9.17) is 0 Å². The van der Waals surface area contributed by atoms with Crippen LogP contribution in [0.15, 0.2) is 12.2 Å². The third-order valence-corrected chi connectivity index (χ3v) is 5.26. The molecule has 1 saturated heterocycles. The summed E-state index contributed by atoms with van der Waals surface area (Å²) in [6.45, 7) is 5.57. The number of hydrogen-bond acceptors (Lipinski definition) is 5. The lowest BCUT2D eigenvalue weighted by atomic mass is 10.0. The van der Waals surface area contributed by atoms with E-state index in [-0.39, 0.29) is 0 Å². The summed E-state index contributed by atoms with van der Waals surface area (Å²) in [5.74, 6) is 1.69. The zero-order valence-corrected chi connectivity index (χ0v) is 14.0. The Balaban J connectivity index is 1.54. The predicted octanol–water partition coefficient (Wildman–Crippen LogP) is 2.50. The van der Waals surface area contributed by atoms with Gasteiger partial charge in [-0.25, -0.2) is 4.98 Å². The van der Waals surface area contributed by atoms with Crippen LogP contribution in [0.3, 0.4) is 0 Å². The van der Waals surface area contributed by atoms with Gasteiger partial charge in [0.15, 0.2) is 0 Å². The summed E-state index contributed by atoms with van der Waals surface area (Å²) in [5, 5.41) is 1.00. The van der Waals surface area contributed by atoms with E-state index in [0.29, 0.717) is 18.2 Å². The molecule has 3 rings (SSSR count). The van der Waals surface area contributed by atoms with Gasteiger partial charge in [0.25, 0.3) is 0 Å². The highest BCUT2D eigenvalue weighted by atomic mass is 32.1. The zero-order chi connectivity index (χ0) is 15.4. The largest absolute Gasteiger partial charge is 0.345 e. The quantitative estimate of drug-likeness (QED) is 0.800. The summed E-state index contributed by atoms with van der Waals surface area (Å²) >= 11 is 1.48. The lowest BCUT2D eigenvalue weighted by Crippen LogP contribution is -2.35. The number of amides is 1. The Morgan fingerprint density at radius 3 is 3.00 bits per heavy atom. The molecule has 0 N–H and O–H groups in total. The van der Waals surface area contributed by atoms with Crippen LogP contribution in [0.2, 0.25) is 0 Å². The van der Waals surface area contributed by atoms with Crippen LogP contribution in [0.1, 0.15) is 38.4 Å². The molecule has 0 bridgehead atoms. The van der Waals surface area contributed by atoms with Crippen LogP contribution < -0.4 is 4.90 Å². The number of aryl methyl sites for hydroxylation is 1. The molecule has 1 aromatic heterocycles. The molecule has 1 amide bonds. The van der Waals surface area contributed by atoms with Gasteiger partial charge in [-0.1, -0.05) is 19.1 Å². The summed E-state index contributed by atoms with van der Waals surface area (Å²) in [7, 11) is 0. The maximum Gasteiger partial charge on any atom is 0.223 e. The van der Waals surface area contributed by atoms with E-state index in [2.05, 4.69) is 33.3 Å². The molecule has 1 aliphatic carbocycles. The van der Waals surface area contributed by atoms with Gasteiger partial charge in [0, 0.05) is 50.6 Å². The molecule has 2 aliphatic rings. The second-order valence-electron chi connectivity index (χ2n) is 6.04. The summed E-state index contributed by atoms with van der Waals surface area (Å²) in [6, 6.07) is 0. The lowest BCUT2D eigenvalue weighted by Gasteiger charge is -2.22. The van der Waals surface area contributed by atoms with E-state index in [1.807, 2.05) is 4.90 Å². The molecule has 1 atom stereocenters. The molecule has 0 saturated carbocycles. The molecule has 6 heteroatoms. The minimum Gasteiger partial charge on any atom is -0.345 e. The number of carbonyl (C=O) groups is 1. The highest BCUT2D eigenvalue weighted by molar-refractivity contribution is 7.09. The molecule has 1 fully saturated rings. The lowest BCUT2D eigenvalue weighted by molar-refractivity contribution is -0.131. The van der Waals surface area contributed by atoms with E-state index in [1.165, 1.54) is 11.5 Å². The van der Waals surface area contributed by atoms with Crippen LogP contribution in [0, 0.1) is 5.92 Å². The van der Waals surface area contributed by atoms with Gasteiger partial charge in [-0.05, 0) is 25.2 Å². The predicted molar refractivity (Wildman–Crippen MR) is 89.2 cm³/mol. The monoisotopic (exact) mass is 320 g/mol. The van der Waals surface area contributed by atoms with Gasteiger partial charge < -0.3 is 9.80 Å². The van der Waals surface area contributed by atoms with E-state index in [0.717, 1.165) is 62.8 Å². The number of allylic oxidation sites excluding steroid dienone is 2. The van der Waals surface area contributed by atoms with E-state index in [1.54, 1.807) is 0 Å². The second kappa shape index (κ2) is 7.22. The van der Waals surface area contributed by atoms with Crippen molar-refractivity contribution in [1.29, 1.82) is 0 Å². The number of aromatic nitrogens is 2. The first-order valence-electron chi connectivity index (χ1n) is 8.28. The van der Waals surface area contributed by atoms with Crippen molar-refractivity contribution >= 4 is 22.6 Å². The molecule has 1 aromatic rings. The minimum atomic E-state index is 0.310. The molecule has 1 aliphatic heterocycles. The molecule has 22 heavy (non-hydrogen) atoms. The van der Waals surface area contributed by atoms with Crippen LogP contribution in [0.25, 0.3) is 0 Å². The summed E-state index contributed by atoms with van der Waals surface area (Å²) in [5.41, 5.74) is 0. The normalized spacial score (nSPS) is 22.1. The Kier molecular flexibility index (Phi) is 5.08. The standard InChI is InChI=1S/C16H24N4OS/c1-2-14-17-16(22-18-14)20-9-5-8-19(10-11-20)15(21)12-13-6-3-4-7-13/h3,6,13H,2,4-5,7-12H2,1H3. The van der Waals surface area contributed by atoms with Crippen LogP contribution in [-0.2, 0) is 11.2 Å². The minimum absolute atomic E-state index is 0.310. The van der Waals surface area contributed by atoms with Gasteiger partial charge in [0.2, 0.25) is 11.0 Å². The van der Waals surface area contributed by atoms with E-state index >= 15 is 0 Å². The Morgan fingerprint density at radius 2 is 2.27 bits per heavy atom. The van der Waals surface area contributed by atoms with Gasteiger partial charge in [0.1, 0.15) is 5.82 Å². The third-order valence-electron chi connectivity index (χ3n) is 4.44. The highest BCUT2D eigenvalue weighted by Crippen LogP contribution is 2.23. The first kappa shape index (κ1) is 15.5. The molecular formula is C16H24N4OS. The Morgan fingerprint density at radius 1 is 1.36 bits per heavy atom. The van der Waals surface area contributed by atoms with Crippen molar-refractivity contribution < 1.29 is 4.79 Å². The number of carbonyl (C=O) groups excluding carboxylic acids is 1. The fourth-order valence-electron chi connectivity index (χ4n) is 3.09. The van der Waals surface area contributed by atoms with Gasteiger partial charge in [0.05, 0.1) is 0 Å². The smallest absolute Gasteiger partial charge is 0.223 e. The van der Waals surface area contributed by atoms with Crippen molar-refractivity contribution in [3.8, 4) is 0 Å². The van der Waals surface area contributed by atoms with Crippen LogP contribution in [0.4, 0.5) is 5.13 Å². The maximum atomic E-state index is 12.4. The molecule has 1 unspecified atom stereocenters. The van der Waals surface area contributed by atoms with E-state index < -0.39 is 0 Å². The van der Waals surface area contributed by atoms with Gasteiger partial charge in [-0.2, -0.15) is 4.37 Å². The van der Waals surface area contributed by atoms with E-state index in [9.17, 15) is 4.79 Å². The van der Waals surface area contributed by atoms with Crippen LogP contribution >= 0.6 is 11.5 Å². The molecular weight excluding hydrogens is 296 g/mol. The SMILES string of the molecule is CCc1nsc(N2CCCN(C(=O)CC3C=CCC3)CC2)n1. The Bertz CT molecular complexity index is 542. The van der Waals surface area contributed by atoms with Crippen molar-refractivity contribution in [3.63, 3.8) is 0 Å². The highest BCUT2D eigenvalue weighted by Gasteiger charge is 2.23. The van der Waals surface area contributed by atoms with Crippen molar-refractivity contribution in [2.45, 2.75) is 39.0 Å². The first-order chi connectivity index (χ1) is 10.8. The third kappa shape index (κ3) is 3.66. The average Bonchev–Trinajstić information content (AvgIpc) is 3.14. The van der Waals surface area contributed by atoms with Crippen LogP contribution in [-0.4, -0.2) is 46.3 Å². The molecule has 2 heterocycles. The fourth-order valence-corrected chi connectivity index (χ4v) is 3.89. The molecule has 5 nitrogen and oxygen atoms in total. The van der Waals surface area contributed by atoms with Gasteiger partial charge in [-0.3, -0.25) is 4.79 Å². The Labute approximate surface area is 136 Å². The summed E-state index contributed by atoms with van der Waals surface area (Å²) < 4.78 is 4.36. The summed E-state index contributed by atoms with van der Waals surface area (Å²) in [4.78, 5) is 21.3. The van der Waals surface area contributed by atoms with Crippen molar-refractivity contribution in [2.24, 2.45) is 5.92 Å². The summed E-state index contributed by atoms with van der Waals surface area (Å²) in [6.07, 6.45) is 9.23. The van der Waals surface area contributed by atoms with Crippen LogP contribution in [0.5, 0.6) is 0 Å². The fraction of sp³-hybridized carbons (Fsp3) is 0.688. The maximum absolute atomic E-state index is 12.4. The molecule has 120 valence electrons. The van der Waals surface area contributed by atoms with Crippen molar-refractivity contribution in [1.82, 2.24) is 14.3 Å². The topological polar surface area (TPSA) is 49.3 Å². The zero-order valence-electron chi connectivity index (χ0n) is 13.2. The second-order valence-corrected chi connectivity index (χ2v) is 6.77. The van der Waals surface area contributed by atoms with Gasteiger partial charge in [-0.15, -0.1) is 0 Å². The number of anilines is 1. The number of nitrogens with zero attached hydrogens (tertiary/aromatic N) is 4. The molecule has 0 aromatic carbocycles.